The Balaban J connectivity index is 2.02. The van der Waals surface area contributed by atoms with Gasteiger partial charge in [0.2, 0.25) is 0 Å². The minimum atomic E-state index is -0.308. The summed E-state index contributed by atoms with van der Waals surface area (Å²) in [7, 11) is 1.55. The van der Waals surface area contributed by atoms with Gasteiger partial charge in [-0.3, -0.25) is 0 Å². The topological polar surface area (TPSA) is 61.5 Å². The lowest BCUT2D eigenvalue weighted by Gasteiger charge is -2.28. The average Bonchev–Trinajstić information content (AvgIpc) is 2.46. The molecule has 0 aliphatic heterocycles. The third-order valence-electron chi connectivity index (χ3n) is 3.99. The number of carbonyl (C=O) groups excluding carboxylic acids is 1. The Bertz CT molecular complexity index is 473. The van der Waals surface area contributed by atoms with Crippen molar-refractivity contribution in [3.05, 3.63) is 23.8 Å². The van der Waals surface area contributed by atoms with Crippen LogP contribution in [0.15, 0.2) is 18.2 Å². The van der Waals surface area contributed by atoms with Crippen LogP contribution in [0.1, 0.15) is 49.4 Å². The second-order valence-corrected chi connectivity index (χ2v) is 5.46. The van der Waals surface area contributed by atoms with Gasteiger partial charge in [-0.25, -0.2) is 4.79 Å². The molecule has 0 amide bonds. The highest BCUT2D eigenvalue weighted by Crippen LogP contribution is 2.29. The zero-order chi connectivity index (χ0) is 14.5. The van der Waals surface area contributed by atoms with E-state index in [1.807, 2.05) is 0 Å². The minimum Gasteiger partial charge on any atom is -0.497 e. The summed E-state index contributed by atoms with van der Waals surface area (Å²) in [5, 5.41) is 0. The highest BCUT2D eigenvalue weighted by molar-refractivity contribution is 5.91. The Morgan fingerprint density at radius 3 is 2.85 bits per heavy atom. The predicted molar refractivity (Wildman–Crippen MR) is 78.9 cm³/mol. The van der Waals surface area contributed by atoms with Gasteiger partial charge in [0.15, 0.2) is 0 Å². The number of benzene rings is 1. The second kappa shape index (κ2) is 6.64. The first kappa shape index (κ1) is 14.7. The van der Waals surface area contributed by atoms with Gasteiger partial charge in [0, 0.05) is 11.8 Å². The van der Waals surface area contributed by atoms with E-state index >= 15 is 0 Å². The number of hydrogen-bond donors (Lipinski definition) is 1. The van der Waals surface area contributed by atoms with Crippen LogP contribution in [0.25, 0.3) is 0 Å². The number of hydrogen-bond acceptors (Lipinski definition) is 4. The molecule has 0 saturated heterocycles. The smallest absolute Gasteiger partial charge is 0.338 e. The molecule has 1 aromatic carbocycles. The Morgan fingerprint density at radius 2 is 2.15 bits per heavy atom. The first-order valence-electron chi connectivity index (χ1n) is 7.28. The van der Waals surface area contributed by atoms with Crippen LogP contribution in [-0.4, -0.2) is 19.2 Å². The first-order valence-corrected chi connectivity index (χ1v) is 7.28. The first-order chi connectivity index (χ1) is 9.62. The van der Waals surface area contributed by atoms with Gasteiger partial charge < -0.3 is 15.2 Å². The van der Waals surface area contributed by atoms with Crippen molar-refractivity contribution in [3.8, 4) is 5.75 Å². The standard InChI is InChI=1S/C16H23NO3/c1-3-11-5-4-6-14(7-11)20-16(18)12-8-13(17)10-15(9-12)19-2/h8-11,14H,3-7,17H2,1-2H3. The lowest BCUT2D eigenvalue weighted by molar-refractivity contribution is 0.0139. The highest BCUT2D eigenvalue weighted by Gasteiger charge is 2.24. The maximum absolute atomic E-state index is 12.2. The van der Waals surface area contributed by atoms with E-state index in [0.717, 1.165) is 25.7 Å². The number of nitrogens with two attached hydrogens (primary N) is 1. The Kier molecular flexibility index (Phi) is 4.88. The van der Waals surface area contributed by atoms with Crippen LogP contribution in [-0.2, 0) is 4.74 Å². The number of carbonyl (C=O) groups is 1. The largest absolute Gasteiger partial charge is 0.497 e. The summed E-state index contributed by atoms with van der Waals surface area (Å²) in [6, 6.07) is 4.98. The molecule has 2 rings (SSSR count). The van der Waals surface area contributed by atoms with Crippen molar-refractivity contribution >= 4 is 11.7 Å². The number of anilines is 1. The van der Waals surface area contributed by atoms with Crippen LogP contribution in [0.2, 0.25) is 0 Å². The number of methoxy groups -OCH3 is 1. The van der Waals surface area contributed by atoms with Crippen LogP contribution >= 0.6 is 0 Å². The molecule has 1 aliphatic rings. The highest BCUT2D eigenvalue weighted by atomic mass is 16.5. The summed E-state index contributed by atoms with van der Waals surface area (Å²) < 4.78 is 10.7. The van der Waals surface area contributed by atoms with Gasteiger partial charge in [-0.15, -0.1) is 0 Å². The van der Waals surface area contributed by atoms with Crippen LogP contribution in [0, 0.1) is 5.92 Å². The fourth-order valence-electron chi connectivity index (χ4n) is 2.80. The Labute approximate surface area is 120 Å². The number of esters is 1. The van der Waals surface area contributed by atoms with E-state index < -0.39 is 0 Å². The average molecular weight is 277 g/mol. The predicted octanol–water partition coefficient (Wildman–Crippen LogP) is 3.40. The molecule has 4 nitrogen and oxygen atoms in total. The molecule has 2 unspecified atom stereocenters. The molecule has 110 valence electrons. The van der Waals surface area contributed by atoms with Crippen molar-refractivity contribution in [2.75, 3.05) is 12.8 Å². The molecule has 1 fully saturated rings. The molecule has 0 aromatic heterocycles. The van der Waals surface area contributed by atoms with E-state index in [4.69, 9.17) is 15.2 Å². The van der Waals surface area contributed by atoms with E-state index in [1.165, 1.54) is 6.42 Å². The molecule has 20 heavy (non-hydrogen) atoms. The minimum absolute atomic E-state index is 0.0358. The van der Waals surface area contributed by atoms with Crippen molar-refractivity contribution in [1.29, 1.82) is 0 Å². The van der Waals surface area contributed by atoms with Crippen LogP contribution < -0.4 is 10.5 Å². The lowest BCUT2D eigenvalue weighted by atomic mass is 9.85. The summed E-state index contributed by atoms with van der Waals surface area (Å²) in [6.07, 6.45) is 5.50. The Hall–Kier alpha value is -1.71. The third kappa shape index (κ3) is 3.65. The van der Waals surface area contributed by atoms with E-state index in [2.05, 4.69) is 6.92 Å². The lowest BCUT2D eigenvalue weighted by Crippen LogP contribution is -2.25. The van der Waals surface area contributed by atoms with Crippen molar-refractivity contribution in [2.24, 2.45) is 5.92 Å². The van der Waals surface area contributed by atoms with Gasteiger partial charge in [-0.1, -0.05) is 19.8 Å². The summed E-state index contributed by atoms with van der Waals surface area (Å²) in [5.74, 6) is 0.946. The summed E-state index contributed by atoms with van der Waals surface area (Å²) in [6.45, 7) is 2.19. The molecule has 1 aliphatic carbocycles. The zero-order valence-corrected chi connectivity index (χ0v) is 12.2. The quantitative estimate of drug-likeness (QED) is 0.676. The summed E-state index contributed by atoms with van der Waals surface area (Å²) >= 11 is 0. The maximum Gasteiger partial charge on any atom is 0.338 e. The van der Waals surface area contributed by atoms with Crippen molar-refractivity contribution in [3.63, 3.8) is 0 Å². The number of ether oxygens (including phenoxy) is 2. The van der Waals surface area contributed by atoms with Gasteiger partial charge in [-0.05, 0) is 37.3 Å². The molecule has 0 heterocycles. The van der Waals surface area contributed by atoms with Crippen LogP contribution in [0.4, 0.5) is 5.69 Å². The molecular weight excluding hydrogens is 254 g/mol. The summed E-state index contributed by atoms with van der Waals surface area (Å²) in [4.78, 5) is 12.2. The van der Waals surface area contributed by atoms with Crippen molar-refractivity contribution < 1.29 is 14.3 Å². The second-order valence-electron chi connectivity index (χ2n) is 5.46. The SMILES string of the molecule is CCC1CCCC(OC(=O)c2cc(N)cc(OC)c2)C1. The molecule has 1 aromatic rings. The zero-order valence-electron chi connectivity index (χ0n) is 12.2. The van der Waals surface area contributed by atoms with Gasteiger partial charge in [0.1, 0.15) is 11.9 Å². The van der Waals surface area contributed by atoms with E-state index in [0.29, 0.717) is 22.9 Å². The normalized spacial score (nSPS) is 22.3. The fraction of sp³-hybridized carbons (Fsp3) is 0.562. The van der Waals surface area contributed by atoms with Crippen molar-refractivity contribution in [2.45, 2.75) is 45.1 Å². The van der Waals surface area contributed by atoms with E-state index in [1.54, 1.807) is 25.3 Å². The molecule has 0 bridgehead atoms. The van der Waals surface area contributed by atoms with Gasteiger partial charge in [0.05, 0.1) is 12.7 Å². The van der Waals surface area contributed by atoms with E-state index in [-0.39, 0.29) is 12.1 Å². The molecule has 0 radical (unpaired) electrons. The number of rotatable bonds is 4. The number of nitrogen functional groups attached to an aromatic ring is 1. The van der Waals surface area contributed by atoms with E-state index in [9.17, 15) is 4.79 Å². The molecule has 2 N–H and O–H groups in total. The summed E-state index contributed by atoms with van der Waals surface area (Å²) in [5.41, 5.74) is 6.73. The van der Waals surface area contributed by atoms with Gasteiger partial charge in [0.25, 0.3) is 0 Å². The molecular formula is C16H23NO3. The maximum atomic E-state index is 12.2. The fourth-order valence-corrected chi connectivity index (χ4v) is 2.80. The third-order valence-corrected chi connectivity index (χ3v) is 3.99. The molecule has 4 heteroatoms. The molecule has 0 spiro atoms. The molecule has 2 atom stereocenters. The molecule has 1 saturated carbocycles. The van der Waals surface area contributed by atoms with Gasteiger partial charge in [-0.2, -0.15) is 0 Å². The monoisotopic (exact) mass is 277 g/mol. The van der Waals surface area contributed by atoms with Gasteiger partial charge >= 0.3 is 5.97 Å². The van der Waals surface area contributed by atoms with Crippen LogP contribution in [0.3, 0.4) is 0 Å². The van der Waals surface area contributed by atoms with Crippen LogP contribution in [0.5, 0.6) is 5.75 Å². The van der Waals surface area contributed by atoms with Crippen molar-refractivity contribution in [1.82, 2.24) is 0 Å². The Morgan fingerprint density at radius 1 is 1.35 bits per heavy atom.